The highest BCUT2D eigenvalue weighted by Gasteiger charge is 2.20. The summed E-state index contributed by atoms with van der Waals surface area (Å²) in [7, 11) is 1.82. The molecule has 2 N–H and O–H groups in total. The van der Waals surface area contributed by atoms with Gasteiger partial charge in [-0.05, 0) is 56.1 Å². The summed E-state index contributed by atoms with van der Waals surface area (Å²) in [5, 5.41) is 0. The lowest BCUT2D eigenvalue weighted by Gasteiger charge is -2.31. The summed E-state index contributed by atoms with van der Waals surface area (Å²) in [5.74, 6) is 0.931. The summed E-state index contributed by atoms with van der Waals surface area (Å²) >= 11 is 0. The van der Waals surface area contributed by atoms with Gasteiger partial charge >= 0.3 is 0 Å². The van der Waals surface area contributed by atoms with Crippen LogP contribution in [-0.4, -0.2) is 37.5 Å². The first-order valence-corrected chi connectivity index (χ1v) is 6.90. The summed E-state index contributed by atoms with van der Waals surface area (Å²) in [5.41, 5.74) is 7.26. The number of nitrogen functional groups attached to an aromatic ring is 1. The Balaban J connectivity index is 1.90. The molecular formula is C15H23N3O. The van der Waals surface area contributed by atoms with E-state index >= 15 is 0 Å². The van der Waals surface area contributed by atoms with E-state index in [0.717, 1.165) is 30.4 Å². The minimum Gasteiger partial charge on any atom is -0.399 e. The Labute approximate surface area is 115 Å². The van der Waals surface area contributed by atoms with Crippen LogP contribution in [0.15, 0.2) is 24.3 Å². The highest BCUT2D eigenvalue weighted by Crippen LogP contribution is 2.18. The maximum Gasteiger partial charge on any atom is 0.240 e. The Hall–Kier alpha value is -1.55. The van der Waals surface area contributed by atoms with E-state index in [1.54, 1.807) is 4.90 Å². The normalized spacial score (nSPS) is 17.4. The van der Waals surface area contributed by atoms with Gasteiger partial charge in [-0.1, -0.05) is 6.92 Å². The van der Waals surface area contributed by atoms with Crippen LogP contribution in [0.3, 0.4) is 0 Å². The predicted octanol–water partition coefficient (Wildman–Crippen LogP) is 1.96. The van der Waals surface area contributed by atoms with Crippen molar-refractivity contribution in [1.82, 2.24) is 4.90 Å². The molecular weight excluding hydrogens is 238 g/mol. The number of likely N-dealkylation sites (tertiary alicyclic amines) is 1. The number of carbonyl (C=O) groups excluding carboxylic acids is 1. The first-order valence-electron chi connectivity index (χ1n) is 6.90. The van der Waals surface area contributed by atoms with Crippen molar-refractivity contribution >= 4 is 17.3 Å². The molecule has 1 amide bonds. The molecule has 0 saturated carbocycles. The van der Waals surface area contributed by atoms with Crippen molar-refractivity contribution in [3.63, 3.8) is 0 Å². The summed E-state index contributed by atoms with van der Waals surface area (Å²) in [4.78, 5) is 16.2. The topological polar surface area (TPSA) is 49.6 Å². The minimum absolute atomic E-state index is 0.138. The molecule has 2 rings (SSSR count). The maximum absolute atomic E-state index is 12.2. The molecule has 0 bridgehead atoms. The molecule has 0 unspecified atom stereocenters. The second-order valence-corrected chi connectivity index (χ2v) is 5.50. The average Bonchev–Trinajstić information content (AvgIpc) is 2.41. The van der Waals surface area contributed by atoms with Gasteiger partial charge in [-0.2, -0.15) is 0 Å². The van der Waals surface area contributed by atoms with Gasteiger partial charge in [0, 0.05) is 18.4 Å². The van der Waals surface area contributed by atoms with Crippen LogP contribution in [-0.2, 0) is 4.79 Å². The van der Waals surface area contributed by atoms with Crippen LogP contribution >= 0.6 is 0 Å². The minimum atomic E-state index is 0.138. The molecule has 1 aliphatic heterocycles. The summed E-state index contributed by atoms with van der Waals surface area (Å²) in [6.45, 7) is 4.85. The van der Waals surface area contributed by atoms with Gasteiger partial charge in [-0.25, -0.2) is 0 Å². The smallest absolute Gasteiger partial charge is 0.240 e. The first kappa shape index (κ1) is 13.9. The Morgan fingerprint density at radius 1 is 1.32 bits per heavy atom. The fraction of sp³-hybridized carbons (Fsp3) is 0.533. The fourth-order valence-electron chi connectivity index (χ4n) is 2.36. The van der Waals surface area contributed by atoms with Gasteiger partial charge < -0.3 is 10.6 Å². The molecule has 1 aliphatic rings. The SMILES string of the molecule is CC1CCN(CC(=O)N(C)c2ccc(N)cc2)CC1. The Morgan fingerprint density at radius 2 is 1.89 bits per heavy atom. The van der Waals surface area contributed by atoms with Crippen LogP contribution < -0.4 is 10.6 Å². The molecule has 4 nitrogen and oxygen atoms in total. The molecule has 0 spiro atoms. The third-order valence-corrected chi connectivity index (χ3v) is 3.89. The Morgan fingerprint density at radius 3 is 2.47 bits per heavy atom. The van der Waals surface area contributed by atoms with Gasteiger partial charge in [-0.3, -0.25) is 9.69 Å². The van der Waals surface area contributed by atoms with Gasteiger partial charge in [0.05, 0.1) is 6.54 Å². The van der Waals surface area contributed by atoms with Gasteiger partial charge in [0.25, 0.3) is 0 Å². The number of carbonyl (C=O) groups is 1. The molecule has 0 aliphatic carbocycles. The number of hydrogen-bond acceptors (Lipinski definition) is 3. The average molecular weight is 261 g/mol. The number of benzene rings is 1. The zero-order valence-corrected chi connectivity index (χ0v) is 11.8. The quantitative estimate of drug-likeness (QED) is 0.846. The Kier molecular flexibility index (Phi) is 4.43. The highest BCUT2D eigenvalue weighted by atomic mass is 16.2. The Bertz CT molecular complexity index is 422. The number of nitrogens with two attached hydrogens (primary N) is 1. The fourth-order valence-corrected chi connectivity index (χ4v) is 2.36. The molecule has 0 radical (unpaired) electrons. The second-order valence-electron chi connectivity index (χ2n) is 5.50. The zero-order valence-electron chi connectivity index (χ0n) is 11.8. The molecule has 1 saturated heterocycles. The van der Waals surface area contributed by atoms with Crippen molar-refractivity contribution in [2.45, 2.75) is 19.8 Å². The highest BCUT2D eigenvalue weighted by molar-refractivity contribution is 5.94. The molecule has 104 valence electrons. The van der Waals surface area contributed by atoms with Crippen molar-refractivity contribution in [1.29, 1.82) is 0 Å². The summed E-state index contributed by atoms with van der Waals surface area (Å²) in [6, 6.07) is 7.40. The number of amides is 1. The largest absolute Gasteiger partial charge is 0.399 e. The van der Waals surface area contributed by atoms with Crippen molar-refractivity contribution < 1.29 is 4.79 Å². The number of likely N-dealkylation sites (N-methyl/N-ethyl adjacent to an activating group) is 1. The van der Waals surface area contributed by atoms with Crippen LogP contribution in [0.1, 0.15) is 19.8 Å². The molecule has 4 heteroatoms. The zero-order chi connectivity index (χ0) is 13.8. The van der Waals surface area contributed by atoms with Crippen molar-refractivity contribution in [3.8, 4) is 0 Å². The lowest BCUT2D eigenvalue weighted by molar-refractivity contribution is -0.119. The third-order valence-electron chi connectivity index (χ3n) is 3.89. The molecule has 0 aromatic heterocycles. The van der Waals surface area contributed by atoms with Crippen molar-refractivity contribution in [3.05, 3.63) is 24.3 Å². The van der Waals surface area contributed by atoms with Crippen LogP contribution in [0.5, 0.6) is 0 Å². The lowest BCUT2D eigenvalue weighted by atomic mass is 9.99. The van der Waals surface area contributed by atoms with Gasteiger partial charge in [-0.15, -0.1) is 0 Å². The first-order chi connectivity index (χ1) is 9.06. The van der Waals surface area contributed by atoms with Crippen LogP contribution in [0, 0.1) is 5.92 Å². The van der Waals surface area contributed by atoms with E-state index in [1.807, 2.05) is 31.3 Å². The molecule has 1 fully saturated rings. The predicted molar refractivity (Wildman–Crippen MR) is 79.1 cm³/mol. The van der Waals surface area contributed by atoms with Crippen LogP contribution in [0.2, 0.25) is 0 Å². The number of hydrogen-bond donors (Lipinski definition) is 1. The van der Waals surface area contributed by atoms with Crippen molar-refractivity contribution in [2.24, 2.45) is 5.92 Å². The molecule has 0 atom stereocenters. The molecule has 19 heavy (non-hydrogen) atoms. The molecule has 1 heterocycles. The van der Waals surface area contributed by atoms with Gasteiger partial charge in [0.15, 0.2) is 0 Å². The third kappa shape index (κ3) is 3.70. The van der Waals surface area contributed by atoms with E-state index in [-0.39, 0.29) is 5.91 Å². The standard InChI is InChI=1S/C15H23N3O/c1-12-7-9-18(10-8-12)11-15(19)17(2)14-5-3-13(16)4-6-14/h3-6,12H,7-11,16H2,1-2H3. The van der Waals surface area contributed by atoms with E-state index in [4.69, 9.17) is 5.73 Å². The van der Waals surface area contributed by atoms with E-state index in [1.165, 1.54) is 12.8 Å². The van der Waals surface area contributed by atoms with E-state index in [9.17, 15) is 4.79 Å². The molecule has 1 aromatic rings. The summed E-state index contributed by atoms with van der Waals surface area (Å²) < 4.78 is 0. The number of piperidine rings is 1. The monoisotopic (exact) mass is 261 g/mol. The van der Waals surface area contributed by atoms with Gasteiger partial charge in [0.1, 0.15) is 0 Å². The number of rotatable bonds is 3. The lowest BCUT2D eigenvalue weighted by Crippen LogP contribution is -2.42. The van der Waals surface area contributed by atoms with Gasteiger partial charge in [0.2, 0.25) is 5.91 Å². The van der Waals surface area contributed by atoms with Crippen LogP contribution in [0.25, 0.3) is 0 Å². The number of nitrogens with zero attached hydrogens (tertiary/aromatic N) is 2. The van der Waals surface area contributed by atoms with Crippen molar-refractivity contribution in [2.75, 3.05) is 37.3 Å². The van der Waals surface area contributed by atoms with Crippen LogP contribution in [0.4, 0.5) is 11.4 Å². The second kappa shape index (κ2) is 6.06. The van der Waals surface area contributed by atoms with E-state index < -0.39 is 0 Å². The van der Waals surface area contributed by atoms with E-state index in [0.29, 0.717) is 6.54 Å². The maximum atomic E-state index is 12.2. The molecule has 1 aromatic carbocycles. The van der Waals surface area contributed by atoms with E-state index in [2.05, 4.69) is 11.8 Å². The summed E-state index contributed by atoms with van der Waals surface area (Å²) in [6.07, 6.45) is 2.39. The number of anilines is 2.